The van der Waals surface area contributed by atoms with Crippen LogP contribution in [0.1, 0.15) is 63.3 Å². The lowest BCUT2D eigenvalue weighted by molar-refractivity contribution is -0.132. The van der Waals surface area contributed by atoms with Gasteiger partial charge in [-0.1, -0.05) is 70.2 Å². The number of aliphatic hydroxyl groups is 1. The average Bonchev–Trinajstić information content (AvgIpc) is 3.17. The maximum absolute atomic E-state index is 13.5. The van der Waals surface area contributed by atoms with Crippen molar-refractivity contribution in [3.05, 3.63) is 95.1 Å². The molecular formula is C32H35NO5. The van der Waals surface area contributed by atoms with Gasteiger partial charge in [0.25, 0.3) is 11.7 Å². The topological polar surface area (TPSA) is 76.1 Å². The molecule has 3 aromatic carbocycles. The third-order valence-electron chi connectivity index (χ3n) is 6.46. The molecule has 1 heterocycles. The Balaban J connectivity index is 1.86. The van der Waals surface area contributed by atoms with E-state index in [1.54, 1.807) is 48.5 Å². The van der Waals surface area contributed by atoms with Gasteiger partial charge < -0.3 is 14.6 Å². The first-order valence-corrected chi connectivity index (χ1v) is 13.1. The normalized spacial score (nSPS) is 16.9. The summed E-state index contributed by atoms with van der Waals surface area (Å²) in [6.07, 6.45) is 0. The van der Waals surface area contributed by atoms with Crippen LogP contribution >= 0.6 is 0 Å². The lowest BCUT2D eigenvalue weighted by atomic mass is 9.93. The molecule has 0 aromatic heterocycles. The summed E-state index contributed by atoms with van der Waals surface area (Å²) >= 11 is 0. The van der Waals surface area contributed by atoms with Crippen LogP contribution in [0.15, 0.2) is 78.4 Å². The summed E-state index contributed by atoms with van der Waals surface area (Å²) in [5.74, 6) is 0.154. The molecule has 4 rings (SSSR count). The quantitative estimate of drug-likeness (QED) is 0.192. The van der Waals surface area contributed by atoms with Crippen LogP contribution in [0.4, 0.5) is 5.69 Å². The monoisotopic (exact) mass is 513 g/mol. The Morgan fingerprint density at radius 1 is 0.895 bits per heavy atom. The lowest BCUT2D eigenvalue weighted by Crippen LogP contribution is -2.29. The predicted octanol–water partition coefficient (Wildman–Crippen LogP) is 6.87. The Labute approximate surface area is 224 Å². The molecule has 0 bridgehead atoms. The molecule has 1 aliphatic heterocycles. The Morgan fingerprint density at radius 2 is 1.55 bits per heavy atom. The highest BCUT2D eigenvalue weighted by Gasteiger charge is 2.47. The van der Waals surface area contributed by atoms with Gasteiger partial charge in [0.2, 0.25) is 0 Å². The number of carbonyl (C=O) groups is 2. The van der Waals surface area contributed by atoms with Crippen LogP contribution in [0.5, 0.6) is 11.5 Å². The minimum Gasteiger partial charge on any atom is -0.507 e. The molecule has 1 saturated heterocycles. The van der Waals surface area contributed by atoms with Crippen LogP contribution in [0.3, 0.4) is 0 Å². The molecule has 1 atom stereocenters. The zero-order chi connectivity index (χ0) is 27.4. The van der Waals surface area contributed by atoms with E-state index in [1.165, 1.54) is 4.90 Å². The van der Waals surface area contributed by atoms with Gasteiger partial charge in [-0.15, -0.1) is 0 Å². The Hall–Kier alpha value is -4.06. The van der Waals surface area contributed by atoms with Crippen molar-refractivity contribution in [3.63, 3.8) is 0 Å². The van der Waals surface area contributed by atoms with E-state index < -0.39 is 17.7 Å². The number of ether oxygens (including phenoxy) is 2. The fraction of sp³-hybridized carbons (Fsp3) is 0.312. The van der Waals surface area contributed by atoms with E-state index >= 15 is 0 Å². The van der Waals surface area contributed by atoms with Gasteiger partial charge in [0, 0.05) is 17.3 Å². The smallest absolute Gasteiger partial charge is 0.300 e. The molecule has 198 valence electrons. The van der Waals surface area contributed by atoms with Gasteiger partial charge in [-0.05, 0) is 54.2 Å². The molecule has 0 saturated carbocycles. The summed E-state index contributed by atoms with van der Waals surface area (Å²) in [4.78, 5) is 28.4. The SMILES string of the molecule is CCOc1cccc(N2C(=O)C(=O)/C(=C(/O)c3cccc(OCC(C)C)c3)C2c2ccc(C(C)C)cc2)c1. The molecule has 1 aliphatic rings. The van der Waals surface area contributed by atoms with Gasteiger partial charge in [0.1, 0.15) is 17.3 Å². The summed E-state index contributed by atoms with van der Waals surface area (Å²) in [5.41, 5.74) is 2.83. The van der Waals surface area contributed by atoms with Crippen molar-refractivity contribution in [3.8, 4) is 11.5 Å². The maximum atomic E-state index is 13.5. The lowest BCUT2D eigenvalue weighted by Gasteiger charge is -2.26. The number of Topliss-reactive ketones (excluding diaryl/α,β-unsaturated/α-hetero) is 1. The zero-order valence-electron chi connectivity index (χ0n) is 22.6. The second kappa shape index (κ2) is 11.5. The van der Waals surface area contributed by atoms with E-state index in [9.17, 15) is 14.7 Å². The summed E-state index contributed by atoms with van der Waals surface area (Å²) in [5, 5.41) is 11.5. The molecule has 0 spiro atoms. The summed E-state index contributed by atoms with van der Waals surface area (Å²) < 4.78 is 11.5. The predicted molar refractivity (Wildman–Crippen MR) is 150 cm³/mol. The zero-order valence-corrected chi connectivity index (χ0v) is 22.6. The number of carbonyl (C=O) groups excluding carboxylic acids is 2. The van der Waals surface area contributed by atoms with Crippen LogP contribution in [-0.2, 0) is 9.59 Å². The number of nitrogens with zero attached hydrogens (tertiary/aromatic N) is 1. The molecule has 38 heavy (non-hydrogen) atoms. The molecule has 1 unspecified atom stereocenters. The number of hydrogen-bond acceptors (Lipinski definition) is 5. The first kappa shape index (κ1) is 27.0. The number of rotatable bonds is 9. The van der Waals surface area contributed by atoms with Crippen molar-refractivity contribution in [2.45, 2.75) is 46.6 Å². The van der Waals surface area contributed by atoms with Crippen LogP contribution in [0, 0.1) is 5.92 Å². The Bertz CT molecular complexity index is 1340. The standard InChI is InChI=1S/C32H35NO5/c1-6-37-27-12-8-10-25(18-27)33-29(23-15-13-22(14-16-23)21(4)5)28(31(35)32(33)36)30(34)24-9-7-11-26(17-24)38-19-20(2)3/h7-18,20-21,29,34H,6,19H2,1-5H3/b30-28+. The van der Waals surface area contributed by atoms with Crippen molar-refractivity contribution in [2.75, 3.05) is 18.1 Å². The van der Waals surface area contributed by atoms with Gasteiger partial charge in [-0.25, -0.2) is 0 Å². The molecule has 0 aliphatic carbocycles. The van der Waals surface area contributed by atoms with Crippen LogP contribution < -0.4 is 14.4 Å². The third-order valence-corrected chi connectivity index (χ3v) is 6.46. The van der Waals surface area contributed by atoms with Crippen molar-refractivity contribution >= 4 is 23.1 Å². The highest BCUT2D eigenvalue weighted by molar-refractivity contribution is 6.51. The van der Waals surface area contributed by atoms with Gasteiger partial charge in [-0.2, -0.15) is 0 Å². The molecule has 3 aromatic rings. The summed E-state index contributed by atoms with van der Waals surface area (Å²) in [6, 6.07) is 21.1. The van der Waals surface area contributed by atoms with E-state index in [0.29, 0.717) is 47.8 Å². The molecule has 1 N–H and O–H groups in total. The second-order valence-corrected chi connectivity index (χ2v) is 10.2. The van der Waals surface area contributed by atoms with Gasteiger partial charge >= 0.3 is 0 Å². The van der Waals surface area contributed by atoms with E-state index in [4.69, 9.17) is 9.47 Å². The minimum atomic E-state index is -0.812. The number of aliphatic hydroxyl groups excluding tert-OH is 1. The second-order valence-electron chi connectivity index (χ2n) is 10.2. The maximum Gasteiger partial charge on any atom is 0.300 e. The van der Waals surface area contributed by atoms with Crippen molar-refractivity contribution < 1.29 is 24.2 Å². The van der Waals surface area contributed by atoms with Crippen LogP contribution in [-0.4, -0.2) is 30.0 Å². The molecule has 6 nitrogen and oxygen atoms in total. The fourth-order valence-electron chi connectivity index (χ4n) is 4.52. The fourth-order valence-corrected chi connectivity index (χ4v) is 4.52. The highest BCUT2D eigenvalue weighted by Crippen LogP contribution is 2.43. The molecule has 1 amide bonds. The highest BCUT2D eigenvalue weighted by atomic mass is 16.5. The van der Waals surface area contributed by atoms with Gasteiger partial charge in [0.05, 0.1) is 24.8 Å². The number of ketones is 1. The molecule has 1 fully saturated rings. The first-order chi connectivity index (χ1) is 18.2. The number of benzene rings is 3. The molecule has 0 radical (unpaired) electrons. The van der Waals surface area contributed by atoms with E-state index in [0.717, 1.165) is 11.1 Å². The largest absolute Gasteiger partial charge is 0.507 e. The van der Waals surface area contributed by atoms with E-state index in [2.05, 4.69) is 27.7 Å². The molecular weight excluding hydrogens is 478 g/mol. The Kier molecular flexibility index (Phi) is 8.20. The van der Waals surface area contributed by atoms with Crippen molar-refractivity contribution in [1.29, 1.82) is 0 Å². The summed E-state index contributed by atoms with van der Waals surface area (Å²) in [6.45, 7) is 11.2. The number of hydrogen-bond donors (Lipinski definition) is 1. The first-order valence-electron chi connectivity index (χ1n) is 13.1. The van der Waals surface area contributed by atoms with Crippen LogP contribution in [0.2, 0.25) is 0 Å². The van der Waals surface area contributed by atoms with E-state index in [1.807, 2.05) is 31.2 Å². The minimum absolute atomic E-state index is 0.0371. The van der Waals surface area contributed by atoms with Gasteiger partial charge in [0.15, 0.2) is 0 Å². The third kappa shape index (κ3) is 5.59. The van der Waals surface area contributed by atoms with Gasteiger partial charge in [-0.3, -0.25) is 14.5 Å². The average molecular weight is 514 g/mol. The van der Waals surface area contributed by atoms with E-state index in [-0.39, 0.29) is 11.3 Å². The van der Waals surface area contributed by atoms with Crippen molar-refractivity contribution in [1.82, 2.24) is 0 Å². The number of amides is 1. The molecule has 6 heteroatoms. The Morgan fingerprint density at radius 3 is 2.18 bits per heavy atom. The van der Waals surface area contributed by atoms with Crippen molar-refractivity contribution in [2.24, 2.45) is 5.92 Å². The number of anilines is 1. The summed E-state index contributed by atoms with van der Waals surface area (Å²) in [7, 11) is 0. The van der Waals surface area contributed by atoms with Crippen LogP contribution in [0.25, 0.3) is 5.76 Å².